The molecule has 0 aliphatic carbocycles. The summed E-state index contributed by atoms with van der Waals surface area (Å²) in [5.74, 6) is 0.714. The maximum Gasteiger partial charge on any atom is 0.323 e. The Kier molecular flexibility index (Phi) is 11.0. The molecular formula is C42H78N10O6. The summed E-state index contributed by atoms with van der Waals surface area (Å²) in [7, 11) is 0. The van der Waals surface area contributed by atoms with Crippen molar-refractivity contribution < 1.29 is 30.8 Å². The van der Waals surface area contributed by atoms with Crippen molar-refractivity contribution in [2.24, 2.45) is 0 Å². The van der Waals surface area contributed by atoms with Crippen LogP contribution in [0.3, 0.4) is 0 Å². The smallest absolute Gasteiger partial charge is 0.323 e. The van der Waals surface area contributed by atoms with Crippen LogP contribution in [0.4, 0.5) is 11.9 Å². The fourth-order valence-electron chi connectivity index (χ4n) is 13.3. The lowest BCUT2D eigenvalue weighted by Crippen LogP contribution is -2.73. The van der Waals surface area contributed by atoms with Gasteiger partial charge in [0.1, 0.15) is 6.10 Å². The van der Waals surface area contributed by atoms with Crippen molar-refractivity contribution in [3.63, 3.8) is 0 Å². The average Bonchev–Trinajstić information content (AvgIpc) is 3.01. The third kappa shape index (κ3) is 8.20. The minimum Gasteiger partial charge on any atom is -0.460 e. The van der Waals surface area contributed by atoms with Crippen LogP contribution in [0, 0.1) is 0 Å². The van der Waals surface area contributed by atoms with Crippen LogP contribution in [0.1, 0.15) is 175 Å². The zero-order valence-electron chi connectivity index (χ0n) is 38.5. The molecule has 5 fully saturated rings. The number of nitrogens with one attached hydrogen (secondary N) is 2. The summed E-state index contributed by atoms with van der Waals surface area (Å²) < 4.78 is 6.66. The zero-order valence-corrected chi connectivity index (χ0v) is 38.5. The quantitative estimate of drug-likeness (QED) is 0.151. The Bertz CT molecular complexity index is 1550. The second-order valence-electron chi connectivity index (χ2n) is 24.1. The fraction of sp³-hybridized carbons (Fsp3) is 0.929. The lowest BCUT2D eigenvalue weighted by atomic mass is 9.63. The van der Waals surface area contributed by atoms with E-state index in [0.717, 1.165) is 0 Å². The lowest BCUT2D eigenvalue weighted by Gasteiger charge is -2.63. The molecule has 7 N–H and O–H groups in total. The van der Waals surface area contributed by atoms with E-state index < -0.39 is 55.4 Å². The van der Waals surface area contributed by atoms with Crippen LogP contribution in [0.5, 0.6) is 6.01 Å². The molecule has 0 bridgehead atoms. The first-order valence-corrected chi connectivity index (χ1v) is 21.5. The topological polar surface area (TPSA) is 189 Å². The van der Waals surface area contributed by atoms with Crippen molar-refractivity contribution in [2.45, 2.75) is 249 Å². The van der Waals surface area contributed by atoms with Gasteiger partial charge in [0.25, 0.3) is 0 Å². The van der Waals surface area contributed by atoms with Gasteiger partial charge < -0.3 is 41.4 Å². The van der Waals surface area contributed by atoms with Crippen LogP contribution in [-0.2, 0) is 0 Å². The number of hydrogen-bond acceptors (Lipinski definition) is 16. The molecule has 0 radical (unpaired) electrons. The van der Waals surface area contributed by atoms with Gasteiger partial charge in [-0.25, -0.2) is 0 Å². The van der Waals surface area contributed by atoms with Crippen LogP contribution in [0.2, 0.25) is 0 Å². The van der Waals surface area contributed by atoms with E-state index in [2.05, 4.69) is 38.3 Å². The molecule has 5 aliphatic rings. The number of aromatic nitrogens is 3. The van der Waals surface area contributed by atoms with Crippen molar-refractivity contribution in [2.75, 3.05) is 10.6 Å². The molecule has 1 aromatic rings. The number of piperidine rings is 5. The van der Waals surface area contributed by atoms with Gasteiger partial charge in [-0.3, -0.25) is 0 Å². The molecule has 1 aromatic heterocycles. The van der Waals surface area contributed by atoms with Gasteiger partial charge in [-0.05, 0) is 162 Å². The van der Waals surface area contributed by atoms with Gasteiger partial charge in [-0.1, -0.05) is 0 Å². The van der Waals surface area contributed by atoms with E-state index in [1.54, 1.807) is 10.1 Å². The van der Waals surface area contributed by atoms with Crippen LogP contribution in [-0.4, -0.2) is 140 Å². The minimum atomic E-state index is -0.640. The molecule has 0 saturated carbocycles. The molecule has 58 heavy (non-hydrogen) atoms. The van der Waals surface area contributed by atoms with Crippen molar-refractivity contribution >= 4 is 11.9 Å². The summed E-state index contributed by atoms with van der Waals surface area (Å²) in [6.07, 6.45) is 5.43. The number of anilines is 2. The first-order chi connectivity index (χ1) is 26.1. The highest BCUT2D eigenvalue weighted by molar-refractivity contribution is 5.39. The second-order valence-corrected chi connectivity index (χ2v) is 24.1. The van der Waals surface area contributed by atoms with E-state index >= 15 is 0 Å². The number of hydroxylamine groups is 10. The minimum absolute atomic E-state index is 0.137. The fourth-order valence-corrected chi connectivity index (χ4v) is 13.3. The molecule has 0 amide bonds. The molecule has 2 unspecified atom stereocenters. The first-order valence-electron chi connectivity index (χ1n) is 21.5. The summed E-state index contributed by atoms with van der Waals surface area (Å²) in [5, 5.41) is 72.1. The molecule has 332 valence electrons. The largest absolute Gasteiger partial charge is 0.460 e. The monoisotopic (exact) mass is 819 g/mol. The van der Waals surface area contributed by atoms with E-state index in [0.29, 0.717) is 76.1 Å². The Morgan fingerprint density at radius 2 is 0.707 bits per heavy atom. The van der Waals surface area contributed by atoms with Gasteiger partial charge in [0.05, 0.1) is 11.1 Å². The van der Waals surface area contributed by atoms with E-state index in [9.17, 15) is 26.0 Å². The molecular weight excluding hydrogens is 741 g/mol. The molecule has 16 heteroatoms. The molecule has 2 atom stereocenters. The van der Waals surface area contributed by atoms with E-state index in [1.807, 2.05) is 83.1 Å². The molecule has 0 aromatic carbocycles. The van der Waals surface area contributed by atoms with Crippen LogP contribution in [0.25, 0.3) is 0 Å². The lowest BCUT2D eigenvalue weighted by molar-refractivity contribution is -0.323. The zero-order chi connectivity index (χ0) is 43.7. The summed E-state index contributed by atoms with van der Waals surface area (Å²) in [6.45, 7) is 32.4. The van der Waals surface area contributed by atoms with E-state index in [1.165, 1.54) is 15.2 Å². The molecule has 5 saturated heterocycles. The molecule has 2 spiro atoms. The Labute approximate surface area is 347 Å². The van der Waals surface area contributed by atoms with Crippen molar-refractivity contribution in [3.05, 3.63) is 0 Å². The predicted molar refractivity (Wildman–Crippen MR) is 221 cm³/mol. The third-order valence-electron chi connectivity index (χ3n) is 14.3. The molecule has 16 nitrogen and oxygen atoms in total. The maximum atomic E-state index is 11.9. The number of hydrogen-bond donors (Lipinski definition) is 7. The summed E-state index contributed by atoms with van der Waals surface area (Å²) in [6, 6.07) is -0.0968. The number of rotatable bonds is 6. The van der Waals surface area contributed by atoms with Gasteiger partial charge in [0.2, 0.25) is 11.9 Å². The second kappa shape index (κ2) is 14.0. The van der Waals surface area contributed by atoms with Gasteiger partial charge in [-0.15, -0.1) is 0 Å². The summed E-state index contributed by atoms with van der Waals surface area (Å²) in [5.41, 5.74) is -5.95. The van der Waals surface area contributed by atoms with Gasteiger partial charge in [0.15, 0.2) is 0 Å². The maximum absolute atomic E-state index is 11.9. The van der Waals surface area contributed by atoms with Crippen molar-refractivity contribution in [1.82, 2.24) is 40.3 Å². The molecule has 6 heterocycles. The molecule has 5 aliphatic heterocycles. The van der Waals surface area contributed by atoms with Gasteiger partial charge in [0, 0.05) is 69.2 Å². The highest BCUT2D eigenvalue weighted by atomic mass is 16.5. The third-order valence-corrected chi connectivity index (χ3v) is 14.3. The Hall–Kier alpha value is -1.99. The highest BCUT2D eigenvalue weighted by Gasteiger charge is 2.61. The van der Waals surface area contributed by atoms with E-state index in [4.69, 9.17) is 19.7 Å². The average molecular weight is 819 g/mol. The molecule has 6 rings (SSSR count). The van der Waals surface area contributed by atoms with Crippen molar-refractivity contribution in [1.29, 1.82) is 0 Å². The van der Waals surface area contributed by atoms with Gasteiger partial charge in [-0.2, -0.15) is 40.3 Å². The van der Waals surface area contributed by atoms with E-state index in [-0.39, 0.29) is 24.2 Å². The van der Waals surface area contributed by atoms with Crippen molar-refractivity contribution in [3.8, 4) is 6.01 Å². The van der Waals surface area contributed by atoms with Crippen LogP contribution >= 0.6 is 0 Å². The van der Waals surface area contributed by atoms with Crippen LogP contribution < -0.4 is 15.4 Å². The standard InChI is InChI=1S/C42H78N10O6/c1-33(2)17-27(19-41(51(33)56)23-37(9,10)49(54)38(11,12)24-41)43-30-45-31(47-32(46-30)58-29-21-35(5,6)48(53)36(7,8)22-29)44-28-18-34(3,4)52(57)42(20-28)25-39(13,14)50(55)40(15,16)26-42/h27-29,53-57H,17-26H2,1-16H3,(H2,43,44,45,46,47). The summed E-state index contributed by atoms with van der Waals surface area (Å²) in [4.78, 5) is 14.8. The SMILES string of the molecule is CC1(C)CC(Oc2nc(NC3CC(C)(C)N(O)C4(C3)CC(C)(C)N(O)C(C)(C)C4)nc(NC3CC(C)(C)N(O)C4(C3)CC(C)(C)N(O)C(C)(C)C4)n2)CC(C)(C)N1O. The number of nitrogens with zero attached hydrogens (tertiary/aromatic N) is 8. The predicted octanol–water partition coefficient (Wildman–Crippen LogP) is 7.31. The number of ether oxygens (including phenoxy) is 1. The Balaban J connectivity index is 1.35. The Morgan fingerprint density at radius 1 is 0.414 bits per heavy atom. The van der Waals surface area contributed by atoms with Gasteiger partial charge >= 0.3 is 6.01 Å². The Morgan fingerprint density at radius 3 is 1.03 bits per heavy atom. The first kappa shape index (κ1) is 45.5. The summed E-state index contributed by atoms with van der Waals surface area (Å²) >= 11 is 0. The van der Waals surface area contributed by atoms with Crippen LogP contribution in [0.15, 0.2) is 0 Å². The normalized spacial score (nSPS) is 32.8. The highest BCUT2D eigenvalue weighted by Crippen LogP contribution is 2.54.